The van der Waals surface area contributed by atoms with Gasteiger partial charge in [-0.3, -0.25) is 4.90 Å². The first-order valence-electron chi connectivity index (χ1n) is 5.26. The number of hydrogen-bond donors (Lipinski definition) is 0. The fraction of sp³-hybridized carbons (Fsp3) is 1.00. The second-order valence-electron chi connectivity index (χ2n) is 4.71. The molecule has 0 aromatic rings. The molecule has 4 heteroatoms. The summed E-state index contributed by atoms with van der Waals surface area (Å²) in [7, 11) is -0.704. The van der Waals surface area contributed by atoms with E-state index in [-0.39, 0.29) is 6.04 Å². The lowest BCUT2D eigenvalue weighted by molar-refractivity contribution is 0.161. The van der Waals surface area contributed by atoms with E-state index in [0.717, 1.165) is 6.42 Å². The van der Waals surface area contributed by atoms with Gasteiger partial charge >= 0.3 is 0 Å². The molecule has 84 valence electrons. The molecule has 1 saturated heterocycles. The van der Waals surface area contributed by atoms with Crippen LogP contribution in [0.3, 0.4) is 0 Å². The van der Waals surface area contributed by atoms with E-state index in [0.29, 0.717) is 23.5 Å². The van der Waals surface area contributed by atoms with Crippen LogP contribution in [0.2, 0.25) is 0 Å². The fourth-order valence-electron chi connectivity index (χ4n) is 1.90. The van der Waals surface area contributed by atoms with Crippen molar-refractivity contribution in [2.24, 2.45) is 5.92 Å². The van der Waals surface area contributed by atoms with Crippen LogP contribution in [0.1, 0.15) is 27.2 Å². The molecule has 0 aliphatic carbocycles. The number of hydrogen-bond acceptors (Lipinski definition) is 3. The second-order valence-corrected chi connectivity index (χ2v) is 6.94. The molecule has 0 N–H and O–H groups in total. The topological polar surface area (TPSA) is 37.4 Å². The minimum atomic E-state index is -2.74. The van der Waals surface area contributed by atoms with Gasteiger partial charge in [0.25, 0.3) is 0 Å². The number of nitrogens with zero attached hydrogens (tertiary/aromatic N) is 1. The predicted molar refractivity (Wildman–Crippen MR) is 59.1 cm³/mol. The van der Waals surface area contributed by atoms with Crippen LogP contribution in [-0.4, -0.2) is 44.0 Å². The van der Waals surface area contributed by atoms with Gasteiger partial charge in [0.05, 0.1) is 11.5 Å². The van der Waals surface area contributed by atoms with E-state index in [1.807, 2.05) is 7.05 Å². The largest absolute Gasteiger partial charge is 0.299 e. The average molecular weight is 219 g/mol. The Morgan fingerprint density at radius 1 is 1.29 bits per heavy atom. The van der Waals surface area contributed by atoms with Crippen LogP contribution in [0, 0.1) is 5.92 Å². The highest BCUT2D eigenvalue weighted by Gasteiger charge is 2.32. The lowest BCUT2D eigenvalue weighted by Crippen LogP contribution is -2.41. The van der Waals surface area contributed by atoms with Crippen molar-refractivity contribution in [2.45, 2.75) is 39.3 Å². The van der Waals surface area contributed by atoms with Gasteiger partial charge in [-0.1, -0.05) is 13.8 Å². The highest BCUT2D eigenvalue weighted by Crippen LogP contribution is 2.20. The molecular weight excluding hydrogens is 198 g/mol. The Balaban J connectivity index is 2.59. The number of sulfone groups is 1. The van der Waals surface area contributed by atoms with Crippen molar-refractivity contribution in [2.75, 3.05) is 18.6 Å². The predicted octanol–water partition coefficient (Wildman–Crippen LogP) is 1.15. The van der Waals surface area contributed by atoms with Crippen molar-refractivity contribution in [1.82, 2.24) is 4.90 Å². The fourth-order valence-corrected chi connectivity index (χ4v) is 3.69. The van der Waals surface area contributed by atoms with Crippen LogP contribution in [0.25, 0.3) is 0 Å². The van der Waals surface area contributed by atoms with Gasteiger partial charge in [0, 0.05) is 12.1 Å². The minimum absolute atomic E-state index is 0.234. The first-order chi connectivity index (χ1) is 6.33. The van der Waals surface area contributed by atoms with E-state index in [1.54, 1.807) is 0 Å². The molecule has 1 heterocycles. The van der Waals surface area contributed by atoms with Crippen molar-refractivity contribution >= 4 is 9.84 Å². The zero-order valence-electron chi connectivity index (χ0n) is 9.53. The standard InChI is InChI=1S/C10H21NO2S/c1-8(2)9(3)11(4)10-5-6-14(12,13)7-10/h8-10H,5-7H2,1-4H3. The molecule has 2 unspecified atom stereocenters. The molecule has 1 rings (SSSR count). The molecule has 0 aromatic heterocycles. The van der Waals surface area contributed by atoms with Gasteiger partial charge < -0.3 is 0 Å². The van der Waals surface area contributed by atoms with E-state index in [1.165, 1.54) is 0 Å². The molecular formula is C10H21NO2S. The van der Waals surface area contributed by atoms with Crippen LogP contribution in [0.15, 0.2) is 0 Å². The van der Waals surface area contributed by atoms with Gasteiger partial charge in [-0.05, 0) is 26.3 Å². The third kappa shape index (κ3) is 2.70. The SMILES string of the molecule is CC(C)C(C)N(C)C1CCS(=O)(=O)C1. The Bertz CT molecular complexity index is 284. The van der Waals surface area contributed by atoms with E-state index in [2.05, 4.69) is 25.7 Å². The molecule has 1 aliphatic rings. The Morgan fingerprint density at radius 2 is 1.86 bits per heavy atom. The molecule has 0 amide bonds. The van der Waals surface area contributed by atoms with Crippen molar-refractivity contribution in [3.8, 4) is 0 Å². The molecule has 0 saturated carbocycles. The van der Waals surface area contributed by atoms with Crippen molar-refractivity contribution in [1.29, 1.82) is 0 Å². The first-order valence-corrected chi connectivity index (χ1v) is 7.08. The molecule has 14 heavy (non-hydrogen) atoms. The summed E-state index contributed by atoms with van der Waals surface area (Å²) in [6, 6.07) is 0.686. The van der Waals surface area contributed by atoms with Crippen molar-refractivity contribution in [3.63, 3.8) is 0 Å². The lowest BCUT2D eigenvalue weighted by Gasteiger charge is -2.32. The molecule has 3 nitrogen and oxygen atoms in total. The van der Waals surface area contributed by atoms with E-state index >= 15 is 0 Å². The lowest BCUT2D eigenvalue weighted by atomic mass is 10.0. The first kappa shape index (κ1) is 12.0. The minimum Gasteiger partial charge on any atom is -0.299 e. The van der Waals surface area contributed by atoms with Gasteiger partial charge in [-0.2, -0.15) is 0 Å². The van der Waals surface area contributed by atoms with Crippen molar-refractivity contribution < 1.29 is 8.42 Å². The summed E-state index contributed by atoms with van der Waals surface area (Å²) in [4.78, 5) is 2.22. The third-order valence-corrected chi connectivity index (χ3v) is 5.14. The second kappa shape index (κ2) is 4.19. The quantitative estimate of drug-likeness (QED) is 0.714. The summed E-state index contributed by atoms with van der Waals surface area (Å²) in [5.74, 6) is 1.29. The molecule has 0 aromatic carbocycles. The van der Waals surface area contributed by atoms with Gasteiger partial charge in [0.2, 0.25) is 0 Å². The molecule has 0 radical (unpaired) electrons. The summed E-state index contributed by atoms with van der Waals surface area (Å²) in [5, 5.41) is 0. The van der Waals surface area contributed by atoms with Crippen LogP contribution >= 0.6 is 0 Å². The van der Waals surface area contributed by atoms with Gasteiger partial charge in [0.15, 0.2) is 9.84 Å². The summed E-state index contributed by atoms with van der Waals surface area (Å²) in [5.41, 5.74) is 0. The smallest absolute Gasteiger partial charge is 0.151 e. The third-order valence-electron chi connectivity index (χ3n) is 3.39. The van der Waals surface area contributed by atoms with Crippen LogP contribution in [0.5, 0.6) is 0 Å². The zero-order chi connectivity index (χ0) is 10.9. The van der Waals surface area contributed by atoms with Crippen LogP contribution in [-0.2, 0) is 9.84 Å². The monoisotopic (exact) mass is 219 g/mol. The average Bonchev–Trinajstić information content (AvgIpc) is 2.43. The maximum absolute atomic E-state index is 11.3. The summed E-state index contributed by atoms with van der Waals surface area (Å²) >= 11 is 0. The molecule has 1 fully saturated rings. The van der Waals surface area contributed by atoms with E-state index in [9.17, 15) is 8.42 Å². The highest BCUT2D eigenvalue weighted by atomic mass is 32.2. The molecule has 1 aliphatic heterocycles. The van der Waals surface area contributed by atoms with Gasteiger partial charge in [-0.15, -0.1) is 0 Å². The summed E-state index contributed by atoms with van der Waals surface area (Å²) in [6.45, 7) is 6.50. The Labute approximate surface area is 87.4 Å². The maximum Gasteiger partial charge on any atom is 0.151 e. The zero-order valence-corrected chi connectivity index (χ0v) is 10.3. The molecule has 0 spiro atoms. The number of rotatable bonds is 3. The van der Waals surface area contributed by atoms with Crippen molar-refractivity contribution in [3.05, 3.63) is 0 Å². The maximum atomic E-state index is 11.3. The van der Waals surface area contributed by atoms with Crippen LogP contribution in [0.4, 0.5) is 0 Å². The van der Waals surface area contributed by atoms with E-state index in [4.69, 9.17) is 0 Å². The van der Waals surface area contributed by atoms with Gasteiger partial charge in [0.1, 0.15) is 0 Å². The summed E-state index contributed by atoms with van der Waals surface area (Å²) in [6.07, 6.45) is 0.801. The van der Waals surface area contributed by atoms with Gasteiger partial charge in [-0.25, -0.2) is 8.42 Å². The molecule has 2 atom stereocenters. The Kier molecular flexibility index (Phi) is 3.58. The Hall–Kier alpha value is -0.0900. The van der Waals surface area contributed by atoms with E-state index < -0.39 is 9.84 Å². The van der Waals surface area contributed by atoms with Crippen LogP contribution < -0.4 is 0 Å². The Morgan fingerprint density at radius 3 is 2.21 bits per heavy atom. The summed E-state index contributed by atoms with van der Waals surface area (Å²) < 4.78 is 22.6. The highest BCUT2D eigenvalue weighted by molar-refractivity contribution is 7.91. The normalized spacial score (nSPS) is 28.6. The molecule has 0 bridgehead atoms.